The Balaban J connectivity index is 2.09. The van der Waals surface area contributed by atoms with Crippen LogP contribution < -0.4 is 5.32 Å². The van der Waals surface area contributed by atoms with Crippen molar-refractivity contribution >= 4 is 0 Å². The SMILES string of the molecule is CCCNCCOCc1nccn1CC. The molecule has 0 aliphatic carbocycles. The molecule has 0 saturated carbocycles. The van der Waals surface area contributed by atoms with Gasteiger partial charge in [-0.25, -0.2) is 4.98 Å². The molecule has 1 rings (SSSR count). The minimum Gasteiger partial charge on any atom is -0.372 e. The molecule has 0 aliphatic rings. The lowest BCUT2D eigenvalue weighted by molar-refractivity contribution is 0.115. The quantitative estimate of drug-likeness (QED) is 0.661. The predicted molar refractivity (Wildman–Crippen MR) is 60.7 cm³/mol. The highest BCUT2D eigenvalue weighted by atomic mass is 16.5. The summed E-state index contributed by atoms with van der Waals surface area (Å²) in [5.41, 5.74) is 0. The van der Waals surface area contributed by atoms with E-state index in [0.29, 0.717) is 6.61 Å². The number of aromatic nitrogens is 2. The summed E-state index contributed by atoms with van der Waals surface area (Å²) in [6.07, 6.45) is 4.96. The maximum Gasteiger partial charge on any atom is 0.134 e. The van der Waals surface area contributed by atoms with Gasteiger partial charge in [-0.3, -0.25) is 0 Å². The van der Waals surface area contributed by atoms with Crippen LogP contribution in [0.1, 0.15) is 26.1 Å². The van der Waals surface area contributed by atoms with Gasteiger partial charge in [0, 0.05) is 25.5 Å². The van der Waals surface area contributed by atoms with Gasteiger partial charge < -0.3 is 14.6 Å². The average Bonchev–Trinajstić information content (AvgIpc) is 2.70. The number of rotatable bonds is 8. The molecule has 0 spiro atoms. The van der Waals surface area contributed by atoms with E-state index in [1.54, 1.807) is 0 Å². The Bertz CT molecular complexity index is 260. The zero-order chi connectivity index (χ0) is 10.9. The third kappa shape index (κ3) is 4.44. The Morgan fingerprint density at radius 2 is 2.27 bits per heavy atom. The minimum absolute atomic E-state index is 0.606. The van der Waals surface area contributed by atoms with Crippen LogP contribution in [-0.2, 0) is 17.9 Å². The number of imidazole rings is 1. The van der Waals surface area contributed by atoms with Crippen molar-refractivity contribution in [2.75, 3.05) is 19.7 Å². The summed E-state index contributed by atoms with van der Waals surface area (Å²) in [7, 11) is 0. The molecule has 0 bridgehead atoms. The molecule has 1 heterocycles. The van der Waals surface area contributed by atoms with Crippen LogP contribution in [0, 0.1) is 0 Å². The average molecular weight is 211 g/mol. The third-order valence-electron chi connectivity index (χ3n) is 2.22. The molecule has 4 heteroatoms. The second-order valence-corrected chi connectivity index (χ2v) is 3.43. The highest BCUT2D eigenvalue weighted by Gasteiger charge is 1.99. The molecule has 15 heavy (non-hydrogen) atoms. The first-order valence-corrected chi connectivity index (χ1v) is 5.67. The van der Waals surface area contributed by atoms with E-state index >= 15 is 0 Å². The van der Waals surface area contributed by atoms with Gasteiger partial charge in [-0.15, -0.1) is 0 Å². The molecule has 0 unspecified atom stereocenters. The fraction of sp³-hybridized carbons (Fsp3) is 0.727. The minimum atomic E-state index is 0.606. The molecule has 0 aromatic carbocycles. The van der Waals surface area contributed by atoms with Gasteiger partial charge in [0.2, 0.25) is 0 Å². The molecule has 86 valence electrons. The maximum absolute atomic E-state index is 5.52. The lowest BCUT2D eigenvalue weighted by atomic mass is 10.5. The zero-order valence-electron chi connectivity index (χ0n) is 9.70. The van der Waals surface area contributed by atoms with Crippen LogP contribution in [0.2, 0.25) is 0 Å². The fourth-order valence-corrected chi connectivity index (χ4v) is 1.38. The Morgan fingerprint density at radius 1 is 1.40 bits per heavy atom. The van der Waals surface area contributed by atoms with Crippen molar-refractivity contribution < 1.29 is 4.74 Å². The Kier molecular flexibility index (Phi) is 6.04. The Hall–Kier alpha value is -0.870. The molecule has 0 fully saturated rings. The summed E-state index contributed by atoms with van der Waals surface area (Å²) in [6, 6.07) is 0. The second kappa shape index (κ2) is 7.43. The predicted octanol–water partition coefficient (Wildman–Crippen LogP) is 1.42. The monoisotopic (exact) mass is 211 g/mol. The molecular formula is C11H21N3O. The summed E-state index contributed by atoms with van der Waals surface area (Å²) >= 11 is 0. The van der Waals surface area contributed by atoms with E-state index in [0.717, 1.165) is 32.1 Å². The van der Waals surface area contributed by atoms with Gasteiger partial charge in [-0.2, -0.15) is 0 Å². The van der Waals surface area contributed by atoms with Gasteiger partial charge in [0.25, 0.3) is 0 Å². The lowest BCUT2D eigenvalue weighted by Gasteiger charge is -2.06. The fourth-order valence-electron chi connectivity index (χ4n) is 1.38. The molecular weight excluding hydrogens is 190 g/mol. The normalized spacial score (nSPS) is 10.8. The molecule has 0 radical (unpaired) electrons. The number of nitrogens with one attached hydrogen (secondary N) is 1. The van der Waals surface area contributed by atoms with Crippen LogP contribution in [0.4, 0.5) is 0 Å². The summed E-state index contributed by atoms with van der Waals surface area (Å²) < 4.78 is 7.62. The van der Waals surface area contributed by atoms with Crippen LogP contribution in [0.3, 0.4) is 0 Å². The molecule has 1 aromatic rings. The number of ether oxygens (including phenoxy) is 1. The topological polar surface area (TPSA) is 39.1 Å². The molecule has 4 nitrogen and oxygen atoms in total. The number of aryl methyl sites for hydroxylation is 1. The summed E-state index contributed by atoms with van der Waals surface area (Å²) in [5.74, 6) is 1.01. The van der Waals surface area contributed by atoms with Crippen molar-refractivity contribution in [1.82, 2.24) is 14.9 Å². The van der Waals surface area contributed by atoms with Crippen molar-refractivity contribution in [3.05, 3.63) is 18.2 Å². The van der Waals surface area contributed by atoms with Gasteiger partial charge in [0.15, 0.2) is 0 Å². The van der Waals surface area contributed by atoms with E-state index in [2.05, 4.69) is 28.7 Å². The van der Waals surface area contributed by atoms with Crippen molar-refractivity contribution in [2.45, 2.75) is 33.4 Å². The first-order valence-electron chi connectivity index (χ1n) is 5.67. The number of hydrogen-bond donors (Lipinski definition) is 1. The van der Waals surface area contributed by atoms with Crippen LogP contribution in [0.5, 0.6) is 0 Å². The first-order chi connectivity index (χ1) is 7.38. The van der Waals surface area contributed by atoms with E-state index in [1.165, 1.54) is 6.42 Å². The van der Waals surface area contributed by atoms with Crippen molar-refractivity contribution in [3.63, 3.8) is 0 Å². The molecule has 0 amide bonds. The number of nitrogens with zero attached hydrogens (tertiary/aromatic N) is 2. The van der Waals surface area contributed by atoms with Crippen molar-refractivity contribution in [1.29, 1.82) is 0 Å². The molecule has 1 aromatic heterocycles. The summed E-state index contributed by atoms with van der Waals surface area (Å²) in [4.78, 5) is 4.24. The van der Waals surface area contributed by atoms with Gasteiger partial charge in [-0.05, 0) is 19.9 Å². The maximum atomic E-state index is 5.52. The second-order valence-electron chi connectivity index (χ2n) is 3.43. The van der Waals surface area contributed by atoms with E-state index in [-0.39, 0.29) is 0 Å². The van der Waals surface area contributed by atoms with Crippen LogP contribution in [0.15, 0.2) is 12.4 Å². The summed E-state index contributed by atoms with van der Waals surface area (Å²) in [6.45, 7) is 8.55. The largest absolute Gasteiger partial charge is 0.372 e. The first kappa shape index (κ1) is 12.2. The van der Waals surface area contributed by atoms with E-state index in [4.69, 9.17) is 4.74 Å². The smallest absolute Gasteiger partial charge is 0.134 e. The zero-order valence-corrected chi connectivity index (χ0v) is 9.70. The molecule has 0 atom stereocenters. The van der Waals surface area contributed by atoms with Crippen molar-refractivity contribution in [3.8, 4) is 0 Å². The van der Waals surface area contributed by atoms with Gasteiger partial charge in [-0.1, -0.05) is 6.92 Å². The molecule has 0 aliphatic heterocycles. The van der Waals surface area contributed by atoms with E-state index in [1.807, 2.05) is 12.4 Å². The Morgan fingerprint density at radius 3 is 3.00 bits per heavy atom. The van der Waals surface area contributed by atoms with Crippen LogP contribution in [0.25, 0.3) is 0 Å². The number of hydrogen-bond acceptors (Lipinski definition) is 3. The Labute approximate surface area is 91.7 Å². The van der Waals surface area contributed by atoms with Gasteiger partial charge in [0.1, 0.15) is 12.4 Å². The molecule has 0 saturated heterocycles. The van der Waals surface area contributed by atoms with Crippen LogP contribution in [-0.4, -0.2) is 29.2 Å². The lowest BCUT2D eigenvalue weighted by Crippen LogP contribution is -2.20. The van der Waals surface area contributed by atoms with Crippen molar-refractivity contribution in [2.24, 2.45) is 0 Å². The standard InChI is InChI=1S/C11H21N3O/c1-3-5-12-7-9-15-10-11-13-6-8-14(11)4-2/h6,8,12H,3-5,7,9-10H2,1-2H3. The highest BCUT2D eigenvalue weighted by molar-refractivity contribution is 4.89. The highest BCUT2D eigenvalue weighted by Crippen LogP contribution is 1.98. The molecule has 1 N–H and O–H groups in total. The van der Waals surface area contributed by atoms with Gasteiger partial charge >= 0.3 is 0 Å². The van der Waals surface area contributed by atoms with E-state index in [9.17, 15) is 0 Å². The summed E-state index contributed by atoms with van der Waals surface area (Å²) in [5, 5.41) is 3.29. The third-order valence-corrected chi connectivity index (χ3v) is 2.22. The van der Waals surface area contributed by atoms with E-state index < -0.39 is 0 Å². The van der Waals surface area contributed by atoms with Gasteiger partial charge in [0.05, 0.1) is 6.61 Å². The van der Waals surface area contributed by atoms with Crippen LogP contribution >= 0.6 is 0 Å².